The first-order chi connectivity index (χ1) is 12.6. The molecular formula is C19H20ClN3O2S. The van der Waals surface area contributed by atoms with E-state index in [1.165, 1.54) is 11.3 Å². The molecule has 1 N–H and O–H groups in total. The van der Waals surface area contributed by atoms with Crippen molar-refractivity contribution in [3.63, 3.8) is 0 Å². The van der Waals surface area contributed by atoms with Gasteiger partial charge in [0.15, 0.2) is 0 Å². The second-order valence-corrected chi connectivity index (χ2v) is 7.11. The maximum absolute atomic E-state index is 12.4. The first-order valence-electron chi connectivity index (χ1n) is 8.32. The summed E-state index contributed by atoms with van der Waals surface area (Å²) < 4.78 is 7.62. The topological polar surface area (TPSA) is 56.2 Å². The third kappa shape index (κ3) is 4.26. The van der Waals surface area contributed by atoms with Crippen LogP contribution in [0, 0.1) is 6.92 Å². The number of para-hydroxylation sites is 1. The highest BCUT2D eigenvalue weighted by atomic mass is 35.5. The predicted octanol–water partition coefficient (Wildman–Crippen LogP) is 4.44. The van der Waals surface area contributed by atoms with Crippen molar-refractivity contribution in [2.75, 3.05) is 0 Å². The van der Waals surface area contributed by atoms with Crippen molar-refractivity contribution in [1.82, 2.24) is 15.1 Å². The zero-order valence-electron chi connectivity index (χ0n) is 14.7. The van der Waals surface area contributed by atoms with Crippen molar-refractivity contribution < 1.29 is 9.53 Å². The molecule has 2 aromatic heterocycles. The van der Waals surface area contributed by atoms with Gasteiger partial charge in [0.1, 0.15) is 12.4 Å². The van der Waals surface area contributed by atoms with Crippen molar-refractivity contribution in [2.45, 2.75) is 33.5 Å². The number of aromatic nitrogens is 2. The van der Waals surface area contributed by atoms with E-state index < -0.39 is 0 Å². The first-order valence-corrected chi connectivity index (χ1v) is 9.58. The van der Waals surface area contributed by atoms with E-state index >= 15 is 0 Å². The van der Waals surface area contributed by atoms with E-state index in [1.54, 1.807) is 12.3 Å². The minimum Gasteiger partial charge on any atom is -0.487 e. The first kappa shape index (κ1) is 18.5. The molecule has 2 heterocycles. The number of hydrogen-bond donors (Lipinski definition) is 1. The highest BCUT2D eigenvalue weighted by Crippen LogP contribution is 2.25. The lowest BCUT2D eigenvalue weighted by molar-refractivity contribution is 0.0955. The average molecular weight is 390 g/mol. The third-order valence-electron chi connectivity index (χ3n) is 4.05. The Kier molecular flexibility index (Phi) is 5.96. The van der Waals surface area contributed by atoms with Crippen LogP contribution in [0.25, 0.3) is 0 Å². The number of carbonyl (C=O) groups excluding carboxylic acids is 1. The van der Waals surface area contributed by atoms with Gasteiger partial charge in [0, 0.05) is 29.9 Å². The minimum absolute atomic E-state index is 0.0948. The summed E-state index contributed by atoms with van der Waals surface area (Å²) in [6.07, 6.45) is 1.80. The van der Waals surface area contributed by atoms with Gasteiger partial charge in [-0.05, 0) is 37.4 Å². The molecule has 0 radical (unpaired) electrons. The van der Waals surface area contributed by atoms with Gasteiger partial charge in [-0.15, -0.1) is 11.3 Å². The second kappa shape index (κ2) is 8.38. The SMILES string of the molecule is CCn1ncc(CNC(=O)c2cc(COc3ccccc3Cl)cs2)c1C. The number of nitrogens with one attached hydrogen (secondary N) is 1. The molecule has 0 saturated heterocycles. The Bertz CT molecular complexity index is 904. The number of hydrogen-bond acceptors (Lipinski definition) is 4. The van der Waals surface area contributed by atoms with E-state index in [0.29, 0.717) is 28.8 Å². The highest BCUT2D eigenvalue weighted by molar-refractivity contribution is 7.12. The van der Waals surface area contributed by atoms with Crippen LogP contribution in [0.5, 0.6) is 5.75 Å². The lowest BCUT2D eigenvalue weighted by Crippen LogP contribution is -2.22. The molecule has 1 aromatic carbocycles. The van der Waals surface area contributed by atoms with Gasteiger partial charge in [-0.25, -0.2) is 0 Å². The van der Waals surface area contributed by atoms with E-state index in [4.69, 9.17) is 16.3 Å². The van der Waals surface area contributed by atoms with Crippen LogP contribution in [-0.2, 0) is 19.7 Å². The van der Waals surface area contributed by atoms with Crippen LogP contribution in [0.3, 0.4) is 0 Å². The largest absolute Gasteiger partial charge is 0.487 e. The summed E-state index contributed by atoms with van der Waals surface area (Å²) in [5.41, 5.74) is 3.04. The maximum atomic E-state index is 12.4. The predicted molar refractivity (Wildman–Crippen MR) is 104 cm³/mol. The van der Waals surface area contributed by atoms with Crippen LogP contribution in [-0.4, -0.2) is 15.7 Å². The van der Waals surface area contributed by atoms with Gasteiger partial charge in [-0.2, -0.15) is 5.10 Å². The molecule has 5 nitrogen and oxygen atoms in total. The fourth-order valence-electron chi connectivity index (χ4n) is 2.53. The molecule has 26 heavy (non-hydrogen) atoms. The van der Waals surface area contributed by atoms with Gasteiger partial charge in [-0.3, -0.25) is 9.48 Å². The summed E-state index contributed by atoms with van der Waals surface area (Å²) in [5.74, 6) is 0.539. The Morgan fingerprint density at radius 1 is 1.38 bits per heavy atom. The molecule has 136 valence electrons. The second-order valence-electron chi connectivity index (χ2n) is 5.79. The van der Waals surface area contributed by atoms with Crippen molar-refractivity contribution in [1.29, 1.82) is 0 Å². The van der Waals surface area contributed by atoms with Gasteiger partial charge in [0.05, 0.1) is 16.1 Å². The van der Waals surface area contributed by atoms with Crippen molar-refractivity contribution in [2.24, 2.45) is 0 Å². The number of carbonyl (C=O) groups is 1. The molecule has 3 aromatic rings. The summed E-state index contributed by atoms with van der Waals surface area (Å²) in [6.45, 7) is 5.71. The lowest BCUT2D eigenvalue weighted by atomic mass is 10.2. The van der Waals surface area contributed by atoms with Gasteiger partial charge in [0.2, 0.25) is 0 Å². The molecular weight excluding hydrogens is 370 g/mol. The number of thiophene rings is 1. The molecule has 0 bridgehead atoms. The van der Waals surface area contributed by atoms with Crippen molar-refractivity contribution in [3.05, 3.63) is 68.6 Å². The molecule has 0 aliphatic carbocycles. The summed E-state index contributed by atoms with van der Waals surface area (Å²) in [6, 6.07) is 9.18. The summed E-state index contributed by atoms with van der Waals surface area (Å²) in [7, 11) is 0. The van der Waals surface area contributed by atoms with Crippen LogP contribution >= 0.6 is 22.9 Å². The molecule has 3 rings (SSSR count). The zero-order chi connectivity index (χ0) is 18.5. The Labute approximate surface area is 161 Å². The van der Waals surface area contributed by atoms with E-state index in [9.17, 15) is 4.79 Å². The van der Waals surface area contributed by atoms with E-state index in [0.717, 1.165) is 23.4 Å². The van der Waals surface area contributed by atoms with Gasteiger partial charge in [-0.1, -0.05) is 23.7 Å². The summed E-state index contributed by atoms with van der Waals surface area (Å²) in [5, 5.41) is 9.73. The van der Waals surface area contributed by atoms with Gasteiger partial charge >= 0.3 is 0 Å². The Morgan fingerprint density at radius 2 is 2.19 bits per heavy atom. The van der Waals surface area contributed by atoms with E-state index in [2.05, 4.69) is 10.4 Å². The highest BCUT2D eigenvalue weighted by Gasteiger charge is 2.12. The fourth-order valence-corrected chi connectivity index (χ4v) is 3.54. The average Bonchev–Trinajstić information content (AvgIpc) is 3.26. The van der Waals surface area contributed by atoms with Crippen LogP contribution in [0.4, 0.5) is 0 Å². The summed E-state index contributed by atoms with van der Waals surface area (Å²) >= 11 is 7.48. The molecule has 7 heteroatoms. The number of rotatable bonds is 7. The molecule has 0 aliphatic rings. The van der Waals surface area contributed by atoms with Crippen LogP contribution < -0.4 is 10.1 Å². The third-order valence-corrected chi connectivity index (χ3v) is 5.34. The molecule has 0 aliphatic heterocycles. The fraction of sp³-hybridized carbons (Fsp3) is 0.263. The Morgan fingerprint density at radius 3 is 2.92 bits per heavy atom. The number of benzene rings is 1. The minimum atomic E-state index is -0.0948. The quantitative estimate of drug-likeness (QED) is 0.650. The number of halogens is 1. The molecule has 1 amide bonds. The van der Waals surface area contributed by atoms with E-state index in [-0.39, 0.29) is 5.91 Å². The Balaban J connectivity index is 1.56. The molecule has 0 unspecified atom stereocenters. The summed E-state index contributed by atoms with van der Waals surface area (Å²) in [4.78, 5) is 13.0. The van der Waals surface area contributed by atoms with E-state index in [1.807, 2.05) is 48.2 Å². The standard InChI is InChI=1S/C19H20ClN3O2S/c1-3-23-13(2)15(10-22-23)9-21-19(24)18-8-14(12-26-18)11-25-17-7-5-4-6-16(17)20/h4-8,10,12H,3,9,11H2,1-2H3,(H,21,24). The smallest absolute Gasteiger partial charge is 0.261 e. The lowest BCUT2D eigenvalue weighted by Gasteiger charge is -2.06. The molecule has 0 saturated carbocycles. The number of aryl methyl sites for hydroxylation is 1. The monoisotopic (exact) mass is 389 g/mol. The maximum Gasteiger partial charge on any atom is 0.261 e. The Hall–Kier alpha value is -2.31. The zero-order valence-corrected chi connectivity index (χ0v) is 16.2. The van der Waals surface area contributed by atoms with Crippen molar-refractivity contribution in [3.8, 4) is 5.75 Å². The van der Waals surface area contributed by atoms with Crippen LogP contribution in [0.1, 0.15) is 33.4 Å². The van der Waals surface area contributed by atoms with Gasteiger partial charge < -0.3 is 10.1 Å². The van der Waals surface area contributed by atoms with Crippen LogP contribution in [0.2, 0.25) is 5.02 Å². The van der Waals surface area contributed by atoms with Crippen LogP contribution in [0.15, 0.2) is 41.9 Å². The number of ether oxygens (including phenoxy) is 1. The number of nitrogens with zero attached hydrogens (tertiary/aromatic N) is 2. The molecule has 0 atom stereocenters. The number of amides is 1. The van der Waals surface area contributed by atoms with Gasteiger partial charge in [0.25, 0.3) is 5.91 Å². The molecule has 0 fully saturated rings. The molecule has 0 spiro atoms. The normalized spacial score (nSPS) is 10.7. The van der Waals surface area contributed by atoms with Crippen molar-refractivity contribution >= 4 is 28.8 Å².